The van der Waals surface area contributed by atoms with Crippen molar-refractivity contribution >= 4 is 39.2 Å². The van der Waals surface area contributed by atoms with Crippen LogP contribution in [0.3, 0.4) is 0 Å². The summed E-state index contributed by atoms with van der Waals surface area (Å²) >= 11 is 9.44. The fourth-order valence-corrected chi connectivity index (χ4v) is 3.10. The first-order chi connectivity index (χ1) is 11.5. The molecule has 0 aliphatic heterocycles. The van der Waals surface area contributed by atoms with Crippen LogP contribution in [-0.2, 0) is 6.54 Å². The number of hydrogen-bond acceptors (Lipinski definition) is 4. The van der Waals surface area contributed by atoms with Crippen molar-refractivity contribution in [1.82, 2.24) is 0 Å². The molecule has 128 valence electrons. The Bertz CT molecular complexity index is 752. The van der Waals surface area contributed by atoms with Gasteiger partial charge in [0.1, 0.15) is 0 Å². The van der Waals surface area contributed by atoms with E-state index < -0.39 is 5.97 Å². The third-order valence-corrected chi connectivity index (χ3v) is 4.17. The van der Waals surface area contributed by atoms with Crippen LogP contribution in [0.2, 0.25) is 5.02 Å². The summed E-state index contributed by atoms with van der Waals surface area (Å²) in [6.07, 6.45) is 0. The first-order valence-corrected chi connectivity index (χ1v) is 8.39. The lowest BCUT2D eigenvalue weighted by atomic mass is 10.1. The normalized spacial score (nSPS) is 10.3. The number of rotatable bonds is 7. The van der Waals surface area contributed by atoms with Crippen molar-refractivity contribution in [2.75, 3.05) is 19.0 Å². The lowest BCUT2D eigenvalue weighted by molar-refractivity contribution is 0.0697. The second-order valence-electron chi connectivity index (χ2n) is 4.90. The Morgan fingerprint density at radius 1 is 1.33 bits per heavy atom. The maximum Gasteiger partial charge on any atom is 0.337 e. The molecular weight excluding hydrogens is 398 g/mol. The Labute approximate surface area is 153 Å². The Hall–Kier alpha value is -1.92. The highest BCUT2D eigenvalue weighted by molar-refractivity contribution is 9.10. The number of aromatic carboxylic acids is 1. The molecule has 0 saturated heterocycles. The molecule has 2 aromatic carbocycles. The molecule has 0 atom stereocenters. The van der Waals surface area contributed by atoms with Gasteiger partial charge in [0.05, 0.1) is 28.8 Å². The van der Waals surface area contributed by atoms with Gasteiger partial charge in [-0.1, -0.05) is 11.6 Å². The lowest BCUT2D eigenvalue weighted by Gasteiger charge is -2.14. The molecule has 0 aromatic heterocycles. The van der Waals surface area contributed by atoms with Crippen molar-refractivity contribution in [2.45, 2.75) is 13.5 Å². The SMILES string of the molecule is CCOc1cc(CNc2ccc(C(=O)O)c(Cl)c2)cc(Br)c1OC. The molecule has 0 radical (unpaired) electrons. The molecule has 0 heterocycles. The molecule has 24 heavy (non-hydrogen) atoms. The van der Waals surface area contributed by atoms with E-state index in [-0.39, 0.29) is 10.6 Å². The van der Waals surface area contributed by atoms with Gasteiger partial charge < -0.3 is 19.9 Å². The minimum Gasteiger partial charge on any atom is -0.492 e. The van der Waals surface area contributed by atoms with Crippen LogP contribution in [0.25, 0.3) is 0 Å². The summed E-state index contributed by atoms with van der Waals surface area (Å²) in [6.45, 7) is 2.96. The summed E-state index contributed by atoms with van der Waals surface area (Å²) < 4.78 is 11.7. The number of anilines is 1. The van der Waals surface area contributed by atoms with E-state index in [0.717, 1.165) is 15.7 Å². The molecule has 2 aromatic rings. The Morgan fingerprint density at radius 3 is 2.67 bits per heavy atom. The highest BCUT2D eigenvalue weighted by Gasteiger charge is 2.12. The van der Waals surface area contributed by atoms with Crippen molar-refractivity contribution in [2.24, 2.45) is 0 Å². The topological polar surface area (TPSA) is 67.8 Å². The van der Waals surface area contributed by atoms with Gasteiger partial charge in [0.2, 0.25) is 0 Å². The van der Waals surface area contributed by atoms with E-state index in [1.54, 1.807) is 19.2 Å². The number of carbonyl (C=O) groups is 1. The number of hydrogen-bond donors (Lipinski definition) is 2. The predicted octanol–water partition coefficient (Wildman–Crippen LogP) is 4.82. The number of nitrogens with one attached hydrogen (secondary N) is 1. The third-order valence-electron chi connectivity index (χ3n) is 3.27. The summed E-state index contributed by atoms with van der Waals surface area (Å²) in [5, 5.41) is 12.4. The molecule has 2 rings (SSSR count). The maximum atomic E-state index is 11.0. The van der Waals surface area contributed by atoms with E-state index in [9.17, 15) is 4.79 Å². The zero-order chi connectivity index (χ0) is 17.7. The molecule has 0 spiro atoms. The zero-order valence-corrected chi connectivity index (χ0v) is 15.6. The van der Waals surface area contributed by atoms with Crippen molar-refractivity contribution in [1.29, 1.82) is 0 Å². The molecular formula is C17H17BrClNO4. The van der Waals surface area contributed by atoms with Crippen LogP contribution in [0.1, 0.15) is 22.8 Å². The van der Waals surface area contributed by atoms with Gasteiger partial charge in [-0.3, -0.25) is 0 Å². The van der Waals surface area contributed by atoms with E-state index in [2.05, 4.69) is 21.2 Å². The second kappa shape index (κ2) is 8.26. The Kier molecular flexibility index (Phi) is 6.34. The Balaban J connectivity index is 2.17. The van der Waals surface area contributed by atoms with Gasteiger partial charge in [0.25, 0.3) is 0 Å². The summed E-state index contributed by atoms with van der Waals surface area (Å²) in [4.78, 5) is 11.0. The van der Waals surface area contributed by atoms with Crippen molar-refractivity contribution in [3.8, 4) is 11.5 Å². The Morgan fingerprint density at radius 2 is 2.08 bits per heavy atom. The maximum absolute atomic E-state index is 11.0. The second-order valence-corrected chi connectivity index (χ2v) is 6.16. The van der Waals surface area contributed by atoms with Crippen molar-refractivity contribution in [3.63, 3.8) is 0 Å². The number of benzene rings is 2. The van der Waals surface area contributed by atoms with Crippen LogP contribution >= 0.6 is 27.5 Å². The molecule has 0 fully saturated rings. The van der Waals surface area contributed by atoms with Gasteiger partial charge in [-0.05, 0) is 58.7 Å². The number of carboxylic acids is 1. The molecule has 5 nitrogen and oxygen atoms in total. The number of carboxylic acid groups (broad SMARTS) is 1. The first kappa shape index (κ1) is 18.4. The van der Waals surface area contributed by atoms with E-state index in [4.69, 9.17) is 26.2 Å². The number of methoxy groups -OCH3 is 1. The lowest BCUT2D eigenvalue weighted by Crippen LogP contribution is -2.03. The van der Waals surface area contributed by atoms with Crippen molar-refractivity contribution < 1.29 is 19.4 Å². The molecule has 0 bridgehead atoms. The number of halogens is 2. The zero-order valence-electron chi connectivity index (χ0n) is 13.2. The average Bonchev–Trinajstić information content (AvgIpc) is 2.53. The van der Waals surface area contributed by atoms with Crippen LogP contribution in [-0.4, -0.2) is 24.8 Å². The molecule has 0 saturated carbocycles. The van der Waals surface area contributed by atoms with Crippen LogP contribution < -0.4 is 14.8 Å². The molecule has 7 heteroatoms. The average molecular weight is 415 g/mol. The minimum atomic E-state index is -1.05. The minimum absolute atomic E-state index is 0.0769. The fourth-order valence-electron chi connectivity index (χ4n) is 2.19. The first-order valence-electron chi connectivity index (χ1n) is 7.22. The smallest absolute Gasteiger partial charge is 0.337 e. The van der Waals surface area contributed by atoms with Gasteiger partial charge in [0.15, 0.2) is 11.5 Å². The summed E-state index contributed by atoms with van der Waals surface area (Å²) in [6, 6.07) is 8.57. The monoisotopic (exact) mass is 413 g/mol. The molecule has 0 aliphatic carbocycles. The van der Waals surface area contributed by atoms with Gasteiger partial charge in [-0.25, -0.2) is 4.79 Å². The quantitative estimate of drug-likeness (QED) is 0.680. The number of ether oxygens (including phenoxy) is 2. The van der Waals surface area contributed by atoms with Crippen LogP contribution in [0.5, 0.6) is 11.5 Å². The van der Waals surface area contributed by atoms with Crippen LogP contribution in [0, 0.1) is 0 Å². The van der Waals surface area contributed by atoms with Gasteiger partial charge in [0, 0.05) is 12.2 Å². The molecule has 0 aliphatic rings. The third kappa shape index (κ3) is 4.33. The molecule has 0 amide bonds. The van der Waals surface area contributed by atoms with Gasteiger partial charge in [-0.15, -0.1) is 0 Å². The van der Waals surface area contributed by atoms with Crippen LogP contribution in [0.4, 0.5) is 5.69 Å². The predicted molar refractivity (Wildman–Crippen MR) is 97.6 cm³/mol. The molecule has 2 N–H and O–H groups in total. The standard InChI is InChI=1S/C17H17BrClNO4/c1-3-24-15-7-10(6-13(18)16(15)23-2)9-20-11-4-5-12(17(21)22)14(19)8-11/h4-8,20H,3,9H2,1-2H3,(H,21,22). The molecule has 0 unspecified atom stereocenters. The van der Waals surface area contributed by atoms with Crippen LogP contribution in [0.15, 0.2) is 34.8 Å². The van der Waals surface area contributed by atoms with Crippen molar-refractivity contribution in [3.05, 3.63) is 51.0 Å². The summed E-state index contributed by atoms with van der Waals surface area (Å²) in [5.74, 6) is 0.256. The highest BCUT2D eigenvalue weighted by Crippen LogP contribution is 2.36. The van der Waals surface area contributed by atoms with Gasteiger partial charge in [-0.2, -0.15) is 0 Å². The van der Waals surface area contributed by atoms with E-state index in [1.807, 2.05) is 19.1 Å². The van der Waals surface area contributed by atoms with E-state index in [0.29, 0.717) is 24.7 Å². The van der Waals surface area contributed by atoms with Gasteiger partial charge >= 0.3 is 5.97 Å². The van der Waals surface area contributed by atoms with E-state index in [1.165, 1.54) is 6.07 Å². The fraction of sp³-hybridized carbons (Fsp3) is 0.235. The summed E-state index contributed by atoms with van der Waals surface area (Å²) in [7, 11) is 1.59. The largest absolute Gasteiger partial charge is 0.492 e. The highest BCUT2D eigenvalue weighted by atomic mass is 79.9. The summed E-state index contributed by atoms with van der Waals surface area (Å²) in [5.41, 5.74) is 1.78. The van der Waals surface area contributed by atoms with E-state index >= 15 is 0 Å².